The summed E-state index contributed by atoms with van der Waals surface area (Å²) in [7, 11) is -3.20. The third-order valence-electron chi connectivity index (χ3n) is 4.33. The summed E-state index contributed by atoms with van der Waals surface area (Å²) < 4.78 is 37.1. The van der Waals surface area contributed by atoms with E-state index in [1.807, 2.05) is 30.3 Å². The summed E-state index contributed by atoms with van der Waals surface area (Å²) in [5, 5.41) is 4.34. The highest BCUT2D eigenvalue weighted by atomic mass is 32.2. The van der Waals surface area contributed by atoms with Crippen LogP contribution in [0.5, 0.6) is 0 Å². The standard InChI is InChI=1S/C21H23FN2O2S/c1-3-6-18-12-21(19-7-4-5-8-20(19)24-18)23-13-16-11-17(22)10-9-15(16)14-27(2,25)26/h4-5,7-12H,3,6,13-14H2,1-2H3,(H,23,24). The second-order valence-electron chi connectivity index (χ2n) is 6.76. The Morgan fingerprint density at radius 3 is 2.59 bits per heavy atom. The van der Waals surface area contributed by atoms with Crippen molar-refractivity contribution in [2.45, 2.75) is 32.1 Å². The van der Waals surface area contributed by atoms with E-state index in [-0.39, 0.29) is 11.6 Å². The molecule has 0 bridgehead atoms. The smallest absolute Gasteiger partial charge is 0.151 e. The molecule has 4 nitrogen and oxygen atoms in total. The fraction of sp³-hybridized carbons (Fsp3) is 0.286. The maximum atomic E-state index is 13.7. The largest absolute Gasteiger partial charge is 0.380 e. The van der Waals surface area contributed by atoms with E-state index in [1.165, 1.54) is 18.4 Å². The molecular formula is C21H23FN2O2S. The first kappa shape index (κ1) is 19.3. The minimum absolute atomic E-state index is 0.109. The summed E-state index contributed by atoms with van der Waals surface area (Å²) in [4.78, 5) is 4.68. The summed E-state index contributed by atoms with van der Waals surface area (Å²) >= 11 is 0. The van der Waals surface area contributed by atoms with Crippen LogP contribution in [0.1, 0.15) is 30.2 Å². The summed E-state index contributed by atoms with van der Waals surface area (Å²) in [6.07, 6.45) is 3.05. The fourth-order valence-corrected chi connectivity index (χ4v) is 3.98. The van der Waals surface area contributed by atoms with Crippen LogP contribution in [-0.2, 0) is 28.6 Å². The molecule has 0 spiro atoms. The highest BCUT2D eigenvalue weighted by Gasteiger charge is 2.12. The predicted octanol–water partition coefficient (Wildman–Crippen LogP) is 4.48. The van der Waals surface area contributed by atoms with Crippen molar-refractivity contribution in [2.75, 3.05) is 11.6 Å². The molecule has 0 unspecified atom stereocenters. The Balaban J connectivity index is 1.94. The molecule has 142 valence electrons. The quantitative estimate of drug-likeness (QED) is 0.650. The van der Waals surface area contributed by atoms with E-state index < -0.39 is 9.84 Å². The molecule has 2 aromatic carbocycles. The third-order valence-corrected chi connectivity index (χ3v) is 5.17. The van der Waals surface area contributed by atoms with Gasteiger partial charge < -0.3 is 5.32 Å². The van der Waals surface area contributed by atoms with Crippen LogP contribution in [0.2, 0.25) is 0 Å². The van der Waals surface area contributed by atoms with Gasteiger partial charge in [-0.3, -0.25) is 4.98 Å². The Hall–Kier alpha value is -2.47. The molecule has 0 aliphatic carbocycles. The van der Waals surface area contributed by atoms with Crippen LogP contribution in [0, 0.1) is 5.82 Å². The number of hydrogen-bond acceptors (Lipinski definition) is 4. The Morgan fingerprint density at radius 1 is 1.07 bits per heavy atom. The molecule has 0 amide bonds. The average molecular weight is 386 g/mol. The molecule has 1 N–H and O–H groups in total. The van der Waals surface area contributed by atoms with Gasteiger partial charge in [-0.15, -0.1) is 0 Å². The molecule has 3 aromatic rings. The Kier molecular flexibility index (Phi) is 5.75. The SMILES string of the molecule is CCCc1cc(NCc2cc(F)ccc2CS(C)(=O)=O)c2ccccc2n1. The van der Waals surface area contributed by atoms with Crippen molar-refractivity contribution in [1.29, 1.82) is 0 Å². The molecule has 0 aliphatic heterocycles. The lowest BCUT2D eigenvalue weighted by Crippen LogP contribution is -2.08. The van der Waals surface area contributed by atoms with Gasteiger partial charge in [-0.2, -0.15) is 0 Å². The van der Waals surface area contributed by atoms with Gasteiger partial charge in [0.15, 0.2) is 9.84 Å². The molecule has 0 saturated carbocycles. The Bertz CT molecular complexity index is 1060. The Morgan fingerprint density at radius 2 is 1.85 bits per heavy atom. The number of nitrogens with one attached hydrogen (secondary N) is 1. The van der Waals surface area contributed by atoms with Crippen LogP contribution in [0.25, 0.3) is 10.9 Å². The van der Waals surface area contributed by atoms with Crippen molar-refractivity contribution in [3.63, 3.8) is 0 Å². The fourth-order valence-electron chi connectivity index (χ4n) is 3.13. The van der Waals surface area contributed by atoms with E-state index in [0.29, 0.717) is 17.7 Å². The van der Waals surface area contributed by atoms with E-state index in [2.05, 4.69) is 17.2 Å². The van der Waals surface area contributed by atoms with Gasteiger partial charge in [-0.25, -0.2) is 12.8 Å². The first-order valence-corrected chi connectivity index (χ1v) is 11.0. The first-order valence-electron chi connectivity index (χ1n) is 8.93. The van der Waals surface area contributed by atoms with E-state index in [4.69, 9.17) is 0 Å². The number of aromatic nitrogens is 1. The number of hydrogen-bond donors (Lipinski definition) is 1. The maximum Gasteiger partial charge on any atom is 0.151 e. The second kappa shape index (κ2) is 8.05. The van der Waals surface area contributed by atoms with E-state index >= 15 is 0 Å². The van der Waals surface area contributed by atoms with Crippen LogP contribution in [0.15, 0.2) is 48.5 Å². The van der Waals surface area contributed by atoms with Crippen molar-refractivity contribution in [3.05, 3.63) is 71.2 Å². The lowest BCUT2D eigenvalue weighted by molar-refractivity contribution is 0.600. The number of sulfone groups is 1. The summed E-state index contributed by atoms with van der Waals surface area (Å²) in [5.74, 6) is -0.488. The number of aryl methyl sites for hydroxylation is 1. The van der Waals surface area contributed by atoms with Gasteiger partial charge in [0.2, 0.25) is 0 Å². The molecule has 1 heterocycles. The minimum atomic E-state index is -3.20. The number of nitrogens with zero attached hydrogens (tertiary/aromatic N) is 1. The molecule has 0 aliphatic rings. The molecule has 0 atom stereocenters. The van der Waals surface area contributed by atoms with Gasteiger partial charge in [-0.05, 0) is 41.8 Å². The van der Waals surface area contributed by atoms with Gasteiger partial charge in [0.1, 0.15) is 5.82 Å². The van der Waals surface area contributed by atoms with Gasteiger partial charge in [0.05, 0.1) is 11.3 Å². The molecule has 6 heteroatoms. The number of benzene rings is 2. The molecule has 1 aromatic heterocycles. The van der Waals surface area contributed by atoms with Gasteiger partial charge >= 0.3 is 0 Å². The predicted molar refractivity (Wildman–Crippen MR) is 108 cm³/mol. The minimum Gasteiger partial charge on any atom is -0.380 e. The zero-order valence-electron chi connectivity index (χ0n) is 15.5. The first-order chi connectivity index (χ1) is 12.9. The highest BCUT2D eigenvalue weighted by molar-refractivity contribution is 7.89. The molecule has 0 radical (unpaired) electrons. The molecule has 0 saturated heterocycles. The molecule has 3 rings (SSSR count). The molecule has 0 fully saturated rings. The molecular weight excluding hydrogens is 363 g/mol. The van der Waals surface area contributed by atoms with Crippen LogP contribution in [0.4, 0.5) is 10.1 Å². The second-order valence-corrected chi connectivity index (χ2v) is 8.91. The van der Waals surface area contributed by atoms with Crippen molar-refractivity contribution < 1.29 is 12.8 Å². The van der Waals surface area contributed by atoms with Gasteiger partial charge in [-0.1, -0.05) is 37.6 Å². The number of pyridine rings is 1. The topological polar surface area (TPSA) is 59.1 Å². The summed E-state index contributed by atoms with van der Waals surface area (Å²) in [6.45, 7) is 2.44. The zero-order valence-corrected chi connectivity index (χ0v) is 16.3. The number of anilines is 1. The summed E-state index contributed by atoms with van der Waals surface area (Å²) in [6, 6.07) is 14.1. The van der Waals surface area contributed by atoms with Gasteiger partial charge in [0.25, 0.3) is 0 Å². The van der Waals surface area contributed by atoms with Crippen LogP contribution in [0.3, 0.4) is 0 Å². The van der Waals surface area contributed by atoms with Crippen LogP contribution in [-0.4, -0.2) is 19.7 Å². The average Bonchev–Trinajstić information content (AvgIpc) is 2.61. The lowest BCUT2D eigenvalue weighted by atomic mass is 10.1. The highest BCUT2D eigenvalue weighted by Crippen LogP contribution is 2.25. The number of para-hydroxylation sites is 1. The van der Waals surface area contributed by atoms with Crippen molar-refractivity contribution in [2.24, 2.45) is 0 Å². The molecule has 27 heavy (non-hydrogen) atoms. The van der Waals surface area contributed by atoms with Crippen LogP contribution < -0.4 is 5.32 Å². The number of halogens is 1. The lowest BCUT2D eigenvalue weighted by Gasteiger charge is -2.14. The number of fused-ring (bicyclic) bond motifs is 1. The van der Waals surface area contributed by atoms with Crippen molar-refractivity contribution >= 4 is 26.4 Å². The summed E-state index contributed by atoms with van der Waals surface area (Å²) in [5.41, 5.74) is 4.06. The van der Waals surface area contributed by atoms with Crippen molar-refractivity contribution in [3.8, 4) is 0 Å². The number of rotatable bonds is 7. The van der Waals surface area contributed by atoms with Gasteiger partial charge in [0, 0.05) is 29.6 Å². The van der Waals surface area contributed by atoms with E-state index in [9.17, 15) is 12.8 Å². The van der Waals surface area contributed by atoms with E-state index in [0.717, 1.165) is 35.1 Å². The van der Waals surface area contributed by atoms with Crippen LogP contribution >= 0.6 is 0 Å². The Labute approximate surface area is 159 Å². The zero-order chi connectivity index (χ0) is 19.4. The van der Waals surface area contributed by atoms with Crippen molar-refractivity contribution in [1.82, 2.24) is 4.98 Å². The monoisotopic (exact) mass is 386 g/mol. The normalized spacial score (nSPS) is 11.7. The third kappa shape index (κ3) is 5.04. The maximum absolute atomic E-state index is 13.7. The van der Waals surface area contributed by atoms with E-state index in [1.54, 1.807) is 6.07 Å².